The standard InChI is InChI=1S/C21H25N3O3/c1-15(21(27)22-18-5-3-4-17(14-18)16(2)25)23-10-12-24(13-11-23)19-6-8-20(26)9-7-19/h3-9,14-15,26H,10-13H2,1-2H3,(H,22,27)/p+1/t15-/m1/s1. The molecule has 2 aromatic rings. The van der Waals surface area contributed by atoms with Crippen LogP contribution in [0.15, 0.2) is 48.5 Å². The average Bonchev–Trinajstić information content (AvgIpc) is 2.68. The molecular formula is C21H26N3O3+. The molecule has 6 nitrogen and oxygen atoms in total. The van der Waals surface area contributed by atoms with Crippen molar-refractivity contribution in [2.75, 3.05) is 36.4 Å². The van der Waals surface area contributed by atoms with Gasteiger partial charge in [-0.05, 0) is 50.2 Å². The number of phenolic OH excluding ortho intramolecular Hbond substituents is 1. The maximum atomic E-state index is 12.6. The highest BCUT2D eigenvalue weighted by Crippen LogP contribution is 2.18. The minimum absolute atomic E-state index is 0.0184. The lowest BCUT2D eigenvalue weighted by atomic mass is 10.1. The number of carbonyl (C=O) groups excluding carboxylic acids is 2. The number of phenols is 1. The highest BCUT2D eigenvalue weighted by Gasteiger charge is 2.29. The molecule has 0 aliphatic carbocycles. The van der Waals surface area contributed by atoms with Crippen molar-refractivity contribution in [3.8, 4) is 5.75 Å². The Hall–Kier alpha value is -2.86. The number of quaternary nitrogens is 1. The zero-order chi connectivity index (χ0) is 19.4. The predicted octanol–water partition coefficient (Wildman–Crippen LogP) is 1.33. The molecule has 0 saturated carbocycles. The number of Topliss-reactive ketones (excluding diaryl/α,β-unsaturated/α-hetero) is 1. The van der Waals surface area contributed by atoms with E-state index < -0.39 is 0 Å². The molecule has 1 heterocycles. The first-order chi connectivity index (χ1) is 12.9. The van der Waals surface area contributed by atoms with E-state index in [2.05, 4.69) is 10.2 Å². The number of piperazine rings is 1. The van der Waals surface area contributed by atoms with Gasteiger partial charge in [-0.2, -0.15) is 0 Å². The monoisotopic (exact) mass is 368 g/mol. The largest absolute Gasteiger partial charge is 0.508 e. The number of carbonyl (C=O) groups is 2. The number of nitrogens with one attached hydrogen (secondary N) is 2. The normalized spacial score (nSPS) is 16.0. The van der Waals surface area contributed by atoms with Crippen LogP contribution in [0.25, 0.3) is 0 Å². The zero-order valence-electron chi connectivity index (χ0n) is 15.7. The molecule has 6 heteroatoms. The van der Waals surface area contributed by atoms with Crippen molar-refractivity contribution < 1.29 is 19.6 Å². The molecule has 0 spiro atoms. The summed E-state index contributed by atoms with van der Waals surface area (Å²) < 4.78 is 0. The third-order valence-corrected chi connectivity index (χ3v) is 5.16. The zero-order valence-corrected chi connectivity index (χ0v) is 15.7. The van der Waals surface area contributed by atoms with Gasteiger partial charge in [0.2, 0.25) is 0 Å². The van der Waals surface area contributed by atoms with Gasteiger partial charge in [-0.3, -0.25) is 9.59 Å². The van der Waals surface area contributed by atoms with Crippen LogP contribution in [0.1, 0.15) is 24.2 Å². The number of anilines is 2. The van der Waals surface area contributed by atoms with E-state index in [-0.39, 0.29) is 23.5 Å². The summed E-state index contributed by atoms with van der Waals surface area (Å²) in [4.78, 5) is 27.6. The quantitative estimate of drug-likeness (QED) is 0.696. The molecule has 1 saturated heterocycles. The summed E-state index contributed by atoms with van der Waals surface area (Å²) in [6, 6.07) is 14.1. The third-order valence-electron chi connectivity index (χ3n) is 5.16. The smallest absolute Gasteiger partial charge is 0.282 e. The molecule has 0 radical (unpaired) electrons. The van der Waals surface area contributed by atoms with E-state index in [1.807, 2.05) is 19.1 Å². The van der Waals surface area contributed by atoms with Crippen LogP contribution >= 0.6 is 0 Å². The van der Waals surface area contributed by atoms with Crippen LogP contribution in [-0.2, 0) is 4.79 Å². The molecule has 3 rings (SSSR count). The number of ketones is 1. The molecule has 27 heavy (non-hydrogen) atoms. The van der Waals surface area contributed by atoms with Crippen molar-refractivity contribution in [1.82, 2.24) is 0 Å². The second-order valence-electron chi connectivity index (χ2n) is 7.01. The van der Waals surface area contributed by atoms with E-state index >= 15 is 0 Å². The Kier molecular flexibility index (Phi) is 5.76. The van der Waals surface area contributed by atoms with E-state index in [1.54, 1.807) is 36.4 Å². The molecule has 2 aromatic carbocycles. The molecule has 3 N–H and O–H groups in total. The first-order valence-electron chi connectivity index (χ1n) is 9.24. The first kappa shape index (κ1) is 18.9. The minimum atomic E-state index is -0.173. The average molecular weight is 368 g/mol. The van der Waals surface area contributed by atoms with E-state index in [0.717, 1.165) is 31.9 Å². The number of nitrogens with zero attached hydrogens (tertiary/aromatic N) is 1. The molecule has 0 bridgehead atoms. The summed E-state index contributed by atoms with van der Waals surface area (Å²) in [7, 11) is 0. The highest BCUT2D eigenvalue weighted by atomic mass is 16.3. The molecular weight excluding hydrogens is 342 g/mol. The van der Waals surface area contributed by atoms with Crippen molar-refractivity contribution >= 4 is 23.1 Å². The summed E-state index contributed by atoms with van der Waals surface area (Å²) in [5, 5.41) is 12.3. The van der Waals surface area contributed by atoms with Gasteiger partial charge < -0.3 is 20.2 Å². The number of amides is 1. The van der Waals surface area contributed by atoms with E-state index in [0.29, 0.717) is 11.3 Å². The molecule has 0 unspecified atom stereocenters. The summed E-state index contributed by atoms with van der Waals surface area (Å²) in [6.45, 7) is 6.90. The van der Waals surface area contributed by atoms with Crippen LogP contribution in [-0.4, -0.2) is 49.0 Å². The topological polar surface area (TPSA) is 74.1 Å². The Balaban J connectivity index is 1.56. The number of benzene rings is 2. The van der Waals surface area contributed by atoms with Crippen LogP contribution < -0.4 is 15.1 Å². The predicted molar refractivity (Wildman–Crippen MR) is 106 cm³/mol. The Morgan fingerprint density at radius 2 is 1.78 bits per heavy atom. The Bertz CT molecular complexity index is 812. The molecule has 1 amide bonds. The van der Waals surface area contributed by atoms with Gasteiger partial charge in [0.1, 0.15) is 5.75 Å². The Morgan fingerprint density at radius 1 is 1.11 bits per heavy atom. The number of aromatic hydroxyl groups is 1. The summed E-state index contributed by atoms with van der Waals surface area (Å²) in [6.07, 6.45) is 0. The lowest BCUT2D eigenvalue weighted by molar-refractivity contribution is -0.914. The fourth-order valence-corrected chi connectivity index (χ4v) is 3.40. The van der Waals surface area contributed by atoms with Gasteiger partial charge >= 0.3 is 0 Å². The van der Waals surface area contributed by atoms with Crippen molar-refractivity contribution in [2.24, 2.45) is 0 Å². The highest BCUT2D eigenvalue weighted by molar-refractivity contribution is 5.97. The fourth-order valence-electron chi connectivity index (χ4n) is 3.40. The lowest BCUT2D eigenvalue weighted by Crippen LogP contribution is -3.19. The minimum Gasteiger partial charge on any atom is -0.508 e. The molecule has 142 valence electrons. The van der Waals surface area contributed by atoms with Crippen LogP contribution in [0.5, 0.6) is 5.75 Å². The number of hydrogen-bond acceptors (Lipinski definition) is 4. The lowest BCUT2D eigenvalue weighted by Gasteiger charge is -2.36. The van der Waals surface area contributed by atoms with Gasteiger partial charge in [-0.1, -0.05) is 12.1 Å². The van der Waals surface area contributed by atoms with Crippen LogP contribution in [0.3, 0.4) is 0 Å². The van der Waals surface area contributed by atoms with Crippen LogP contribution in [0.4, 0.5) is 11.4 Å². The maximum Gasteiger partial charge on any atom is 0.282 e. The van der Waals surface area contributed by atoms with E-state index in [4.69, 9.17) is 0 Å². The third kappa shape index (κ3) is 4.65. The Labute approximate surface area is 159 Å². The second kappa shape index (κ2) is 8.22. The van der Waals surface area contributed by atoms with Gasteiger partial charge in [0, 0.05) is 16.9 Å². The molecule has 0 aromatic heterocycles. The van der Waals surface area contributed by atoms with Crippen molar-refractivity contribution in [2.45, 2.75) is 19.9 Å². The van der Waals surface area contributed by atoms with E-state index in [9.17, 15) is 14.7 Å². The molecule has 1 atom stereocenters. The number of hydrogen-bond donors (Lipinski definition) is 3. The first-order valence-corrected chi connectivity index (χ1v) is 9.24. The molecule has 1 fully saturated rings. The fraction of sp³-hybridized carbons (Fsp3) is 0.333. The Morgan fingerprint density at radius 3 is 2.41 bits per heavy atom. The molecule has 1 aliphatic heterocycles. The second-order valence-corrected chi connectivity index (χ2v) is 7.01. The van der Waals surface area contributed by atoms with Gasteiger partial charge in [-0.15, -0.1) is 0 Å². The summed E-state index contributed by atoms with van der Waals surface area (Å²) in [5.74, 6) is 0.209. The SMILES string of the molecule is CC(=O)c1cccc(NC(=O)[C@@H](C)[NH+]2CCN(c3ccc(O)cc3)CC2)c1. The molecule has 1 aliphatic rings. The maximum absolute atomic E-state index is 12.6. The van der Waals surface area contributed by atoms with Crippen molar-refractivity contribution in [1.29, 1.82) is 0 Å². The number of rotatable bonds is 5. The van der Waals surface area contributed by atoms with E-state index in [1.165, 1.54) is 11.8 Å². The van der Waals surface area contributed by atoms with Crippen LogP contribution in [0.2, 0.25) is 0 Å². The van der Waals surface area contributed by atoms with Crippen molar-refractivity contribution in [3.05, 3.63) is 54.1 Å². The summed E-state index contributed by atoms with van der Waals surface area (Å²) in [5.41, 5.74) is 2.34. The van der Waals surface area contributed by atoms with Crippen molar-refractivity contribution in [3.63, 3.8) is 0 Å². The van der Waals surface area contributed by atoms with Gasteiger partial charge in [0.05, 0.1) is 26.2 Å². The summed E-state index contributed by atoms with van der Waals surface area (Å²) >= 11 is 0. The van der Waals surface area contributed by atoms with Gasteiger partial charge in [0.15, 0.2) is 11.8 Å². The van der Waals surface area contributed by atoms with Gasteiger partial charge in [0.25, 0.3) is 5.91 Å². The van der Waals surface area contributed by atoms with Gasteiger partial charge in [-0.25, -0.2) is 0 Å². The van der Waals surface area contributed by atoms with Crippen LogP contribution in [0, 0.1) is 0 Å².